The molecular weight excluding hydrogens is 374 g/mol. The Kier molecular flexibility index (Phi) is 6.44. The summed E-state index contributed by atoms with van der Waals surface area (Å²) in [5.41, 5.74) is 3.14. The van der Waals surface area contributed by atoms with E-state index in [-0.39, 0.29) is 0 Å². The summed E-state index contributed by atoms with van der Waals surface area (Å²) in [7, 11) is 0. The molecule has 1 aromatic heterocycles. The van der Waals surface area contributed by atoms with Crippen molar-refractivity contribution in [3.8, 4) is 0 Å². The fraction of sp³-hybridized carbons (Fsp3) is 0.412. The lowest BCUT2D eigenvalue weighted by molar-refractivity contribution is 0.596. The van der Waals surface area contributed by atoms with Crippen molar-refractivity contribution in [1.82, 2.24) is 9.97 Å². The van der Waals surface area contributed by atoms with Crippen LogP contribution in [0.3, 0.4) is 0 Å². The largest absolute Gasteiger partial charge is 0.610 e. The number of benzene rings is 1. The Morgan fingerprint density at radius 2 is 1.96 bits per heavy atom. The zero-order chi connectivity index (χ0) is 17.0. The standard InChI is InChI=1S/C17H22BrN3OS/c1-5-7-13-8-9-15(14(18)11-13)21(6-2)17-19-12(3)10-16(20-17)23(4)22/h8-11H,5-7H2,1-4H3. The van der Waals surface area contributed by atoms with Crippen LogP contribution in [0.15, 0.2) is 33.8 Å². The lowest BCUT2D eigenvalue weighted by Crippen LogP contribution is -2.21. The van der Waals surface area contributed by atoms with E-state index in [1.807, 2.05) is 11.8 Å². The molecule has 1 aromatic carbocycles. The number of rotatable bonds is 6. The maximum Gasteiger partial charge on any atom is 0.249 e. The van der Waals surface area contributed by atoms with Gasteiger partial charge in [-0.3, -0.25) is 0 Å². The molecule has 0 amide bonds. The smallest absolute Gasteiger partial charge is 0.249 e. The van der Waals surface area contributed by atoms with Crippen molar-refractivity contribution in [2.75, 3.05) is 17.7 Å². The van der Waals surface area contributed by atoms with Crippen molar-refractivity contribution in [1.29, 1.82) is 0 Å². The van der Waals surface area contributed by atoms with Crippen molar-refractivity contribution >= 4 is 38.7 Å². The van der Waals surface area contributed by atoms with Gasteiger partial charge < -0.3 is 9.45 Å². The summed E-state index contributed by atoms with van der Waals surface area (Å²) in [5, 5.41) is 0.560. The van der Waals surface area contributed by atoms with E-state index in [9.17, 15) is 4.55 Å². The van der Waals surface area contributed by atoms with E-state index in [0.717, 1.165) is 35.2 Å². The van der Waals surface area contributed by atoms with Crippen molar-refractivity contribution in [2.24, 2.45) is 0 Å². The summed E-state index contributed by atoms with van der Waals surface area (Å²) in [4.78, 5) is 11.0. The highest BCUT2D eigenvalue weighted by atomic mass is 79.9. The van der Waals surface area contributed by atoms with Crippen LogP contribution in [0, 0.1) is 6.92 Å². The molecule has 6 heteroatoms. The molecule has 2 aromatic rings. The summed E-state index contributed by atoms with van der Waals surface area (Å²) in [5.74, 6) is 0.585. The highest BCUT2D eigenvalue weighted by Crippen LogP contribution is 2.32. The average Bonchev–Trinajstić information content (AvgIpc) is 2.50. The molecular formula is C17H22BrN3OS. The molecule has 0 aliphatic rings. The summed E-state index contributed by atoms with van der Waals surface area (Å²) in [6.07, 6.45) is 3.82. The maximum atomic E-state index is 11.8. The van der Waals surface area contributed by atoms with Crippen LogP contribution in [0.2, 0.25) is 0 Å². The van der Waals surface area contributed by atoms with Crippen molar-refractivity contribution in [3.05, 3.63) is 40.0 Å². The zero-order valence-electron chi connectivity index (χ0n) is 14.0. The van der Waals surface area contributed by atoms with Gasteiger partial charge in [-0.2, -0.15) is 4.98 Å². The predicted molar refractivity (Wildman–Crippen MR) is 99.9 cm³/mol. The van der Waals surface area contributed by atoms with Crippen LogP contribution in [0.5, 0.6) is 0 Å². The lowest BCUT2D eigenvalue weighted by atomic mass is 10.1. The monoisotopic (exact) mass is 395 g/mol. The van der Waals surface area contributed by atoms with E-state index in [2.05, 4.69) is 57.9 Å². The first kappa shape index (κ1) is 18.2. The third-order valence-electron chi connectivity index (χ3n) is 3.51. The van der Waals surface area contributed by atoms with Gasteiger partial charge in [0, 0.05) is 34.0 Å². The molecule has 124 valence electrons. The van der Waals surface area contributed by atoms with Gasteiger partial charge in [-0.1, -0.05) is 19.4 Å². The van der Waals surface area contributed by atoms with Gasteiger partial charge >= 0.3 is 0 Å². The molecule has 0 aliphatic carbocycles. The van der Waals surface area contributed by atoms with Gasteiger partial charge in [-0.15, -0.1) is 0 Å². The lowest BCUT2D eigenvalue weighted by Gasteiger charge is -2.23. The Morgan fingerprint density at radius 1 is 1.22 bits per heavy atom. The van der Waals surface area contributed by atoms with E-state index >= 15 is 0 Å². The van der Waals surface area contributed by atoms with Gasteiger partial charge in [0.25, 0.3) is 0 Å². The van der Waals surface area contributed by atoms with E-state index < -0.39 is 11.2 Å². The third-order valence-corrected chi connectivity index (χ3v) is 4.95. The normalized spacial score (nSPS) is 12.3. The fourth-order valence-electron chi connectivity index (χ4n) is 2.43. The summed E-state index contributed by atoms with van der Waals surface area (Å²) < 4.78 is 12.8. The molecule has 0 fully saturated rings. The Hall–Kier alpha value is -1.11. The topological polar surface area (TPSA) is 52.1 Å². The molecule has 2 rings (SSSR count). The van der Waals surface area contributed by atoms with Crippen LogP contribution in [-0.2, 0) is 17.6 Å². The second kappa shape index (κ2) is 8.13. The van der Waals surface area contributed by atoms with Crippen LogP contribution in [0.25, 0.3) is 0 Å². The van der Waals surface area contributed by atoms with Gasteiger partial charge in [0.05, 0.1) is 5.69 Å². The van der Waals surface area contributed by atoms with Crippen molar-refractivity contribution in [2.45, 2.75) is 38.6 Å². The third kappa shape index (κ3) is 4.46. The Labute approximate surface area is 149 Å². The first-order valence-electron chi connectivity index (χ1n) is 7.71. The summed E-state index contributed by atoms with van der Waals surface area (Å²) >= 11 is 2.54. The number of halogens is 1. The maximum absolute atomic E-state index is 11.8. The number of nitrogens with zero attached hydrogens (tertiary/aromatic N) is 3. The minimum absolute atomic E-state index is 0.560. The van der Waals surface area contributed by atoms with Crippen LogP contribution in [0.1, 0.15) is 31.5 Å². The summed E-state index contributed by atoms with van der Waals surface area (Å²) in [6.45, 7) is 6.85. The summed E-state index contributed by atoms with van der Waals surface area (Å²) in [6, 6.07) is 8.15. The van der Waals surface area contributed by atoms with Crippen molar-refractivity contribution < 1.29 is 4.55 Å². The number of anilines is 2. The van der Waals surface area contributed by atoms with Crippen LogP contribution in [0.4, 0.5) is 11.6 Å². The molecule has 1 heterocycles. The molecule has 0 N–H and O–H groups in total. The number of aromatic nitrogens is 2. The first-order valence-corrected chi connectivity index (χ1v) is 10.1. The van der Waals surface area contributed by atoms with E-state index in [4.69, 9.17) is 0 Å². The number of aryl methyl sites for hydroxylation is 2. The van der Waals surface area contributed by atoms with Gasteiger partial charge in [0.1, 0.15) is 6.26 Å². The van der Waals surface area contributed by atoms with Gasteiger partial charge in [-0.05, 0) is 53.9 Å². The molecule has 1 atom stereocenters. The molecule has 23 heavy (non-hydrogen) atoms. The molecule has 0 radical (unpaired) electrons. The minimum Gasteiger partial charge on any atom is -0.610 e. The molecule has 0 spiro atoms. The van der Waals surface area contributed by atoms with Crippen LogP contribution >= 0.6 is 15.9 Å². The molecule has 0 saturated heterocycles. The quantitative estimate of drug-likeness (QED) is 0.537. The predicted octanol–water partition coefficient (Wildman–Crippen LogP) is 4.40. The Balaban J connectivity index is 2.44. The molecule has 0 aliphatic heterocycles. The van der Waals surface area contributed by atoms with E-state index in [1.54, 1.807) is 12.3 Å². The van der Waals surface area contributed by atoms with E-state index in [1.165, 1.54) is 5.56 Å². The second-order valence-electron chi connectivity index (χ2n) is 5.38. The number of hydrogen-bond donors (Lipinski definition) is 0. The first-order chi connectivity index (χ1) is 11.0. The molecule has 1 unspecified atom stereocenters. The highest BCUT2D eigenvalue weighted by Gasteiger charge is 2.18. The number of hydrogen-bond acceptors (Lipinski definition) is 4. The van der Waals surface area contributed by atoms with Gasteiger partial charge in [0.15, 0.2) is 0 Å². The SMILES string of the molecule is CCCc1ccc(N(CC)c2nc(C)cc([S+](C)[O-])n2)c(Br)c1. The average molecular weight is 396 g/mol. The van der Waals surface area contributed by atoms with Gasteiger partial charge in [0.2, 0.25) is 11.0 Å². The van der Waals surface area contributed by atoms with Gasteiger partial charge in [-0.25, -0.2) is 4.98 Å². The highest BCUT2D eigenvalue weighted by molar-refractivity contribution is 9.10. The van der Waals surface area contributed by atoms with E-state index in [0.29, 0.717) is 11.0 Å². The van der Waals surface area contributed by atoms with Crippen LogP contribution < -0.4 is 4.90 Å². The Bertz CT molecular complexity index is 679. The van der Waals surface area contributed by atoms with Crippen LogP contribution in [-0.4, -0.2) is 27.3 Å². The molecule has 0 bridgehead atoms. The fourth-order valence-corrected chi connectivity index (χ4v) is 3.61. The zero-order valence-corrected chi connectivity index (χ0v) is 16.4. The second-order valence-corrected chi connectivity index (χ2v) is 7.56. The Morgan fingerprint density at radius 3 is 2.52 bits per heavy atom. The van der Waals surface area contributed by atoms with Crippen molar-refractivity contribution in [3.63, 3.8) is 0 Å². The molecule has 0 saturated carbocycles. The minimum atomic E-state index is -1.13. The molecule has 4 nitrogen and oxygen atoms in total.